The molecule has 0 spiro atoms. The fraction of sp³-hybridized carbons (Fsp3) is 1.00. The average molecular weight is 279 g/mol. The highest BCUT2D eigenvalue weighted by Gasteiger charge is 2.52. The summed E-state index contributed by atoms with van der Waals surface area (Å²) in [6.45, 7) is -0.352. The van der Waals surface area contributed by atoms with Gasteiger partial charge in [-0.05, 0) is 0 Å². The third-order valence-corrected chi connectivity index (χ3v) is 2.99. The van der Waals surface area contributed by atoms with Gasteiger partial charge in [-0.1, -0.05) is 0 Å². The van der Waals surface area contributed by atoms with E-state index in [0.717, 1.165) is 3.11 Å². The number of hydrogen-bond acceptors (Lipinski definition) is 3. The van der Waals surface area contributed by atoms with E-state index in [4.69, 9.17) is 10.2 Å². The van der Waals surface area contributed by atoms with E-state index in [1.165, 1.54) is 0 Å². The van der Waals surface area contributed by atoms with E-state index in [1.807, 2.05) is 0 Å². The Hall–Kier alpha value is 0.470. The summed E-state index contributed by atoms with van der Waals surface area (Å²) in [7, 11) is 0. The Labute approximate surface area is 76.5 Å². The normalized spacial score (nSPS) is 37.9. The number of aliphatic hydroxyl groups is 2. The lowest BCUT2D eigenvalue weighted by molar-refractivity contribution is -0.108. The summed E-state index contributed by atoms with van der Waals surface area (Å²) in [6.07, 6.45) is -2.24. The largest absolute Gasteiger partial charge is 0.395 e. The lowest BCUT2D eigenvalue weighted by Gasteiger charge is -2.17. The Morgan fingerprint density at radius 3 is 2.36 bits per heavy atom. The van der Waals surface area contributed by atoms with Crippen LogP contribution >= 0.6 is 22.9 Å². The van der Waals surface area contributed by atoms with Gasteiger partial charge in [0.2, 0.25) is 0 Å². The van der Waals surface area contributed by atoms with E-state index in [2.05, 4.69) is 0 Å². The van der Waals surface area contributed by atoms with E-state index in [-0.39, 0.29) is 6.61 Å². The van der Waals surface area contributed by atoms with Gasteiger partial charge in [0, 0.05) is 29.3 Å². The second-order valence-electron chi connectivity index (χ2n) is 2.52. The first-order chi connectivity index (χ1) is 4.99. The number of aliphatic hydroxyl groups excluding tert-OH is 2. The quantitative estimate of drug-likeness (QED) is 0.538. The van der Waals surface area contributed by atoms with Crippen LogP contribution in [0, 0.1) is 0 Å². The van der Waals surface area contributed by atoms with Crippen molar-refractivity contribution in [2.45, 2.75) is 24.6 Å². The van der Waals surface area contributed by atoms with Gasteiger partial charge in [-0.25, -0.2) is 11.9 Å². The number of nitrogens with zero attached hydrogens (tertiary/aromatic N) is 1. The smallest absolute Gasteiger partial charge is 0.289 e. The number of hydrogen-bond donors (Lipinski definition) is 2. The monoisotopic (exact) mass is 279 g/mol. The molecular formula is C5H8F2INO2. The maximum atomic E-state index is 12.6. The highest BCUT2D eigenvalue weighted by Crippen LogP contribution is 2.38. The highest BCUT2D eigenvalue weighted by molar-refractivity contribution is 14.1. The fourth-order valence-corrected chi connectivity index (χ4v) is 1.81. The van der Waals surface area contributed by atoms with Gasteiger partial charge in [0.05, 0.1) is 12.6 Å². The predicted molar refractivity (Wildman–Crippen MR) is 42.3 cm³/mol. The van der Waals surface area contributed by atoms with Crippen LogP contribution in [0.25, 0.3) is 0 Å². The van der Waals surface area contributed by atoms with Crippen LogP contribution in [0.3, 0.4) is 0 Å². The van der Waals surface area contributed by atoms with E-state index < -0.39 is 24.6 Å². The lowest BCUT2D eigenvalue weighted by atomic mass is 10.2. The molecule has 2 atom stereocenters. The van der Waals surface area contributed by atoms with E-state index in [9.17, 15) is 8.78 Å². The lowest BCUT2D eigenvalue weighted by Crippen LogP contribution is -2.34. The molecule has 11 heavy (non-hydrogen) atoms. The van der Waals surface area contributed by atoms with E-state index in [1.54, 1.807) is 22.9 Å². The third kappa shape index (κ3) is 1.63. The molecule has 0 radical (unpaired) electrons. The van der Waals surface area contributed by atoms with Crippen molar-refractivity contribution in [3.63, 3.8) is 0 Å². The Balaban J connectivity index is 2.69. The van der Waals surface area contributed by atoms with Crippen LogP contribution in [0.15, 0.2) is 0 Å². The predicted octanol–water partition coefficient (Wildman–Crippen LogP) is 0.357. The van der Waals surface area contributed by atoms with Crippen LogP contribution in [-0.2, 0) is 0 Å². The number of halogens is 3. The Bertz CT molecular complexity index is 157. The summed E-state index contributed by atoms with van der Waals surface area (Å²) in [4.78, 5) is 0. The van der Waals surface area contributed by atoms with Gasteiger partial charge in [-0.3, -0.25) is 0 Å². The summed E-state index contributed by atoms with van der Waals surface area (Å²) in [5.74, 6) is -3.09. The van der Waals surface area contributed by atoms with Gasteiger partial charge < -0.3 is 10.2 Å². The molecule has 0 bridgehead atoms. The van der Waals surface area contributed by atoms with Gasteiger partial charge in [-0.2, -0.15) is 0 Å². The van der Waals surface area contributed by atoms with Gasteiger partial charge in [-0.15, -0.1) is 0 Å². The summed E-state index contributed by atoms with van der Waals surface area (Å²) < 4.78 is 26.3. The molecule has 0 saturated carbocycles. The molecule has 1 saturated heterocycles. The van der Waals surface area contributed by atoms with Crippen molar-refractivity contribution in [1.29, 1.82) is 0 Å². The van der Waals surface area contributed by atoms with Gasteiger partial charge >= 0.3 is 0 Å². The van der Waals surface area contributed by atoms with Crippen molar-refractivity contribution in [2.75, 3.05) is 6.61 Å². The van der Waals surface area contributed by atoms with Crippen molar-refractivity contribution < 1.29 is 19.0 Å². The first-order valence-electron chi connectivity index (χ1n) is 3.10. The van der Waals surface area contributed by atoms with Crippen molar-refractivity contribution in [3.05, 3.63) is 0 Å². The molecule has 3 nitrogen and oxygen atoms in total. The van der Waals surface area contributed by atoms with Crippen LogP contribution in [0.5, 0.6) is 0 Å². The maximum absolute atomic E-state index is 12.6. The van der Waals surface area contributed by atoms with Gasteiger partial charge in [0.15, 0.2) is 6.23 Å². The Kier molecular flexibility index (Phi) is 2.67. The first-order valence-corrected chi connectivity index (χ1v) is 4.06. The standard InChI is InChI=1S/C5H8F2INO2/c6-5(7)1-3(2-10)9(8)4(5)11/h3-4,10-11H,1-2H2. The summed E-state index contributed by atoms with van der Waals surface area (Å²) >= 11 is 1.59. The topological polar surface area (TPSA) is 43.7 Å². The molecule has 6 heteroatoms. The summed E-state index contributed by atoms with van der Waals surface area (Å²) in [6, 6.07) is -0.638. The van der Waals surface area contributed by atoms with Crippen molar-refractivity contribution in [1.82, 2.24) is 3.11 Å². The van der Waals surface area contributed by atoms with Crippen molar-refractivity contribution in [3.8, 4) is 0 Å². The van der Waals surface area contributed by atoms with Crippen molar-refractivity contribution in [2.24, 2.45) is 0 Å². The molecule has 1 aliphatic heterocycles. The molecule has 2 N–H and O–H groups in total. The summed E-state index contributed by atoms with van der Waals surface area (Å²) in [5, 5.41) is 17.5. The molecule has 1 fully saturated rings. The Morgan fingerprint density at radius 2 is 2.18 bits per heavy atom. The fourth-order valence-electron chi connectivity index (χ4n) is 1.03. The molecule has 66 valence electrons. The van der Waals surface area contributed by atoms with Gasteiger partial charge in [0.1, 0.15) is 0 Å². The van der Waals surface area contributed by atoms with Crippen LogP contribution in [0.4, 0.5) is 8.78 Å². The minimum Gasteiger partial charge on any atom is -0.395 e. The van der Waals surface area contributed by atoms with Crippen LogP contribution < -0.4 is 0 Å². The first kappa shape index (κ1) is 9.56. The van der Waals surface area contributed by atoms with E-state index in [0.29, 0.717) is 0 Å². The third-order valence-electron chi connectivity index (χ3n) is 1.68. The molecule has 1 aliphatic rings. The average Bonchev–Trinajstić information content (AvgIpc) is 2.13. The molecule has 1 heterocycles. The molecule has 0 amide bonds. The molecule has 0 aliphatic carbocycles. The Morgan fingerprint density at radius 1 is 1.64 bits per heavy atom. The minimum absolute atomic E-state index is 0.352. The molecule has 1 rings (SSSR count). The maximum Gasteiger partial charge on any atom is 0.289 e. The minimum atomic E-state index is -3.09. The van der Waals surface area contributed by atoms with Crippen LogP contribution in [0.1, 0.15) is 6.42 Å². The zero-order valence-electron chi connectivity index (χ0n) is 5.54. The van der Waals surface area contributed by atoms with E-state index >= 15 is 0 Å². The molecule has 0 aromatic carbocycles. The zero-order chi connectivity index (χ0) is 8.65. The van der Waals surface area contributed by atoms with Gasteiger partial charge in [0.25, 0.3) is 5.92 Å². The number of rotatable bonds is 1. The van der Waals surface area contributed by atoms with Crippen LogP contribution in [0.2, 0.25) is 0 Å². The summed E-state index contributed by atoms with van der Waals surface area (Å²) in [5.41, 5.74) is 0. The molecular weight excluding hydrogens is 271 g/mol. The SMILES string of the molecule is OCC1CC(F)(F)C(O)N1I. The molecule has 0 aromatic rings. The highest BCUT2D eigenvalue weighted by atomic mass is 127. The van der Waals surface area contributed by atoms with Crippen molar-refractivity contribution >= 4 is 22.9 Å². The van der Waals surface area contributed by atoms with Crippen LogP contribution in [-0.4, -0.2) is 38.1 Å². The molecule has 2 unspecified atom stereocenters. The second-order valence-corrected chi connectivity index (χ2v) is 3.63. The zero-order valence-corrected chi connectivity index (χ0v) is 7.70. The second kappa shape index (κ2) is 3.08. The molecule has 0 aromatic heterocycles. The number of alkyl halides is 2.